The lowest BCUT2D eigenvalue weighted by molar-refractivity contribution is -0.136. The highest BCUT2D eigenvalue weighted by Gasteiger charge is 2.37. The van der Waals surface area contributed by atoms with E-state index in [4.69, 9.17) is 5.21 Å². The van der Waals surface area contributed by atoms with Gasteiger partial charge < -0.3 is 9.45 Å². The number of benzene rings is 1. The molecule has 140 valence electrons. The number of carbonyl (C=O) groups is 1. The minimum Gasteiger partial charge on any atom is -0.771 e. The van der Waals surface area contributed by atoms with Crippen LogP contribution in [0.15, 0.2) is 24.3 Å². The second kappa shape index (κ2) is 8.75. The third kappa shape index (κ3) is 4.58. The molecule has 2 rings (SSSR count). The number of anilines is 1. The standard InChI is InChI=1S/C17H27N3O4S/c1-12(2)15(16(21)18-22)17(25(23)24)20-10-8-19(9-11-20)14-7-5-4-6-13(14)3/h4-7,12,15,17,22H,8-11H2,1-3H3,(H,18,21)(H,23,24)/p-1. The zero-order valence-corrected chi connectivity index (χ0v) is 15.7. The van der Waals surface area contributed by atoms with Crippen LogP contribution in [0.5, 0.6) is 0 Å². The summed E-state index contributed by atoms with van der Waals surface area (Å²) in [6.07, 6.45) is 0. The number of hydrogen-bond donors (Lipinski definition) is 2. The van der Waals surface area contributed by atoms with Crippen LogP contribution in [0, 0.1) is 18.8 Å². The molecule has 2 N–H and O–H groups in total. The van der Waals surface area contributed by atoms with Crippen molar-refractivity contribution < 1.29 is 18.8 Å². The Morgan fingerprint density at radius 2 is 1.84 bits per heavy atom. The van der Waals surface area contributed by atoms with E-state index in [2.05, 4.69) is 24.0 Å². The van der Waals surface area contributed by atoms with Crippen molar-refractivity contribution in [2.45, 2.75) is 26.1 Å². The van der Waals surface area contributed by atoms with Crippen LogP contribution in [0.1, 0.15) is 19.4 Å². The maximum atomic E-state index is 12.0. The highest BCUT2D eigenvalue weighted by molar-refractivity contribution is 7.79. The molecule has 1 aliphatic rings. The van der Waals surface area contributed by atoms with E-state index in [1.807, 2.05) is 17.0 Å². The molecular formula is C17H26N3O4S-. The summed E-state index contributed by atoms with van der Waals surface area (Å²) in [4.78, 5) is 16.0. The summed E-state index contributed by atoms with van der Waals surface area (Å²) in [7, 11) is 0. The van der Waals surface area contributed by atoms with Crippen molar-refractivity contribution in [2.75, 3.05) is 31.1 Å². The van der Waals surface area contributed by atoms with Gasteiger partial charge in [-0.25, -0.2) is 5.48 Å². The van der Waals surface area contributed by atoms with Crippen LogP contribution >= 0.6 is 0 Å². The Labute approximate surface area is 151 Å². The first-order chi connectivity index (χ1) is 11.9. The second-order valence-electron chi connectivity index (χ2n) is 6.71. The molecule has 1 amide bonds. The van der Waals surface area contributed by atoms with E-state index < -0.39 is 28.3 Å². The SMILES string of the molecule is Cc1ccccc1N1CCN(C(C(C(=O)NO)C(C)C)S(=O)[O-])CC1. The van der Waals surface area contributed by atoms with Crippen LogP contribution in [-0.4, -0.2) is 56.3 Å². The van der Waals surface area contributed by atoms with Gasteiger partial charge in [0.15, 0.2) is 0 Å². The van der Waals surface area contributed by atoms with Crippen LogP contribution < -0.4 is 10.4 Å². The summed E-state index contributed by atoms with van der Waals surface area (Å²) >= 11 is -2.45. The molecular weight excluding hydrogens is 342 g/mol. The Morgan fingerprint density at radius 3 is 2.32 bits per heavy atom. The number of nitrogens with zero attached hydrogens (tertiary/aromatic N) is 2. The van der Waals surface area contributed by atoms with Crippen LogP contribution in [-0.2, 0) is 15.9 Å². The van der Waals surface area contributed by atoms with E-state index in [1.54, 1.807) is 19.3 Å². The molecule has 0 aromatic heterocycles. The molecule has 1 fully saturated rings. The molecule has 0 bridgehead atoms. The first-order valence-electron chi connectivity index (χ1n) is 8.43. The zero-order chi connectivity index (χ0) is 18.6. The average Bonchev–Trinajstić information content (AvgIpc) is 2.59. The number of hydroxylamine groups is 1. The Balaban J connectivity index is 2.14. The Kier molecular flexibility index (Phi) is 6.95. The van der Waals surface area contributed by atoms with Gasteiger partial charge in [0.1, 0.15) is 0 Å². The summed E-state index contributed by atoms with van der Waals surface area (Å²) in [5.41, 5.74) is 3.94. The average molecular weight is 368 g/mol. The smallest absolute Gasteiger partial charge is 0.249 e. The number of carbonyl (C=O) groups excluding carboxylic acids is 1. The molecule has 0 radical (unpaired) electrons. The largest absolute Gasteiger partial charge is 0.771 e. The number of aryl methyl sites for hydroxylation is 1. The Hall–Kier alpha value is -1.48. The Morgan fingerprint density at radius 1 is 1.24 bits per heavy atom. The van der Waals surface area contributed by atoms with Crippen LogP contribution in [0.25, 0.3) is 0 Å². The zero-order valence-electron chi connectivity index (χ0n) is 14.8. The van der Waals surface area contributed by atoms with Crippen LogP contribution in [0.2, 0.25) is 0 Å². The summed E-state index contributed by atoms with van der Waals surface area (Å²) in [5, 5.41) is 8.02. The first-order valence-corrected chi connectivity index (χ1v) is 9.57. The van der Waals surface area contributed by atoms with E-state index in [0.29, 0.717) is 26.2 Å². The third-order valence-electron chi connectivity index (χ3n) is 4.77. The number of nitrogens with one attached hydrogen (secondary N) is 1. The molecule has 25 heavy (non-hydrogen) atoms. The van der Waals surface area contributed by atoms with Crippen molar-refractivity contribution in [1.82, 2.24) is 10.4 Å². The van der Waals surface area contributed by atoms with Gasteiger partial charge in [0.05, 0.1) is 11.3 Å². The van der Waals surface area contributed by atoms with Crippen molar-refractivity contribution >= 4 is 22.7 Å². The van der Waals surface area contributed by atoms with Gasteiger partial charge in [-0.05, 0) is 35.6 Å². The third-order valence-corrected chi connectivity index (χ3v) is 5.75. The maximum Gasteiger partial charge on any atom is 0.249 e. The molecule has 1 heterocycles. The molecule has 0 aliphatic carbocycles. The lowest BCUT2D eigenvalue weighted by Gasteiger charge is -2.44. The first kappa shape index (κ1) is 19.8. The molecule has 1 aliphatic heterocycles. The van der Waals surface area contributed by atoms with Crippen LogP contribution in [0.4, 0.5) is 5.69 Å². The lowest BCUT2D eigenvalue weighted by Crippen LogP contribution is -2.57. The number of rotatable bonds is 6. The summed E-state index contributed by atoms with van der Waals surface area (Å²) in [6, 6.07) is 8.10. The van der Waals surface area contributed by atoms with Gasteiger partial charge in [0.25, 0.3) is 0 Å². The predicted octanol–water partition coefficient (Wildman–Crippen LogP) is 1.10. The summed E-state index contributed by atoms with van der Waals surface area (Å²) < 4.78 is 23.7. The minimum absolute atomic E-state index is 0.218. The fourth-order valence-electron chi connectivity index (χ4n) is 3.44. The second-order valence-corrected chi connectivity index (χ2v) is 7.71. The van der Waals surface area contributed by atoms with E-state index in [9.17, 15) is 13.6 Å². The van der Waals surface area contributed by atoms with Gasteiger partial charge in [-0.1, -0.05) is 32.0 Å². The van der Waals surface area contributed by atoms with Gasteiger partial charge in [-0.15, -0.1) is 0 Å². The highest BCUT2D eigenvalue weighted by atomic mass is 32.2. The minimum atomic E-state index is -2.45. The van der Waals surface area contributed by atoms with E-state index in [-0.39, 0.29) is 5.92 Å². The van der Waals surface area contributed by atoms with E-state index >= 15 is 0 Å². The van der Waals surface area contributed by atoms with Crippen molar-refractivity contribution in [3.63, 3.8) is 0 Å². The molecule has 0 saturated carbocycles. The molecule has 7 nitrogen and oxygen atoms in total. The predicted molar refractivity (Wildman–Crippen MR) is 95.9 cm³/mol. The molecule has 0 spiro atoms. The van der Waals surface area contributed by atoms with Gasteiger partial charge in [0, 0.05) is 31.9 Å². The molecule has 1 saturated heterocycles. The van der Waals surface area contributed by atoms with Gasteiger partial charge >= 0.3 is 0 Å². The maximum absolute atomic E-state index is 12.0. The molecule has 8 heteroatoms. The molecule has 1 aromatic carbocycles. The monoisotopic (exact) mass is 368 g/mol. The normalized spacial score (nSPS) is 19.5. The van der Waals surface area contributed by atoms with Gasteiger partial charge in [-0.3, -0.25) is 19.1 Å². The fourth-order valence-corrected chi connectivity index (χ4v) is 4.57. The van der Waals surface area contributed by atoms with Crippen molar-refractivity contribution in [3.8, 4) is 0 Å². The van der Waals surface area contributed by atoms with Crippen molar-refractivity contribution in [3.05, 3.63) is 29.8 Å². The summed E-state index contributed by atoms with van der Waals surface area (Å²) in [5.74, 6) is -1.71. The lowest BCUT2D eigenvalue weighted by atomic mass is 9.93. The number of amides is 1. The van der Waals surface area contributed by atoms with Crippen molar-refractivity contribution in [1.29, 1.82) is 0 Å². The molecule has 1 aromatic rings. The molecule has 3 atom stereocenters. The Bertz CT molecular complexity index is 618. The summed E-state index contributed by atoms with van der Waals surface area (Å²) in [6.45, 7) is 8.06. The quantitative estimate of drug-likeness (QED) is 0.443. The van der Waals surface area contributed by atoms with Gasteiger partial charge in [-0.2, -0.15) is 0 Å². The number of para-hydroxylation sites is 1. The molecule has 3 unspecified atom stereocenters. The number of hydrogen-bond acceptors (Lipinski definition) is 6. The number of piperazine rings is 1. The topological polar surface area (TPSA) is 95.9 Å². The van der Waals surface area contributed by atoms with Crippen LogP contribution in [0.3, 0.4) is 0 Å². The van der Waals surface area contributed by atoms with Gasteiger partial charge in [0.2, 0.25) is 5.91 Å². The fraction of sp³-hybridized carbons (Fsp3) is 0.588. The highest BCUT2D eigenvalue weighted by Crippen LogP contribution is 2.26. The van der Waals surface area contributed by atoms with Crippen molar-refractivity contribution in [2.24, 2.45) is 11.8 Å². The van der Waals surface area contributed by atoms with E-state index in [1.165, 1.54) is 5.56 Å². The van der Waals surface area contributed by atoms with E-state index in [0.717, 1.165) is 5.69 Å².